The maximum absolute atomic E-state index is 14.1. The van der Waals surface area contributed by atoms with E-state index in [1.54, 1.807) is 0 Å². The van der Waals surface area contributed by atoms with E-state index < -0.39 is 35.2 Å². The van der Waals surface area contributed by atoms with Gasteiger partial charge in [-0.1, -0.05) is 87.5 Å². The molecule has 1 saturated heterocycles. The van der Waals surface area contributed by atoms with Crippen LogP contribution in [-0.4, -0.2) is 53.9 Å². The molecule has 3 rings (SSSR count). The van der Waals surface area contributed by atoms with Crippen LogP contribution in [0, 0.1) is 39.9 Å². The van der Waals surface area contributed by atoms with Crippen LogP contribution in [-0.2, 0) is 27.9 Å². The van der Waals surface area contributed by atoms with Crippen LogP contribution in [0.2, 0.25) is 26.2 Å². The first-order valence-corrected chi connectivity index (χ1v) is 24.0. The molecule has 1 fully saturated rings. The summed E-state index contributed by atoms with van der Waals surface area (Å²) in [6.07, 6.45) is 11.4. The smallest absolute Gasteiger partial charge is 0.334 e. The summed E-state index contributed by atoms with van der Waals surface area (Å²) >= 11 is 0. The first-order chi connectivity index (χ1) is 21.2. The molecule has 0 N–H and O–H groups in total. The van der Waals surface area contributed by atoms with Gasteiger partial charge in [-0.05, 0) is 93.5 Å². The number of esters is 2. The zero-order valence-electron chi connectivity index (χ0n) is 31.8. The summed E-state index contributed by atoms with van der Waals surface area (Å²) in [5.74, 6) is 0.127. The number of ether oxygens (including phenoxy) is 2. The van der Waals surface area contributed by atoms with E-state index in [1.807, 2.05) is 0 Å². The lowest BCUT2D eigenvalue weighted by atomic mass is 9.59. The minimum Gasteiger partial charge on any atom is -0.461 e. The van der Waals surface area contributed by atoms with Crippen LogP contribution in [0.15, 0.2) is 23.8 Å². The highest BCUT2D eigenvalue weighted by Gasteiger charge is 2.55. The van der Waals surface area contributed by atoms with Crippen LogP contribution in [0.3, 0.4) is 0 Å². The van der Waals surface area contributed by atoms with Gasteiger partial charge in [0.2, 0.25) is 0 Å². The highest BCUT2D eigenvalue weighted by Crippen LogP contribution is 2.53. The number of fused-ring (bicyclic) bond motifs is 1. The molecule has 0 aromatic heterocycles. The van der Waals surface area contributed by atoms with Crippen LogP contribution in [0.5, 0.6) is 0 Å². The van der Waals surface area contributed by atoms with Crippen molar-refractivity contribution >= 4 is 30.0 Å². The van der Waals surface area contributed by atoms with Crippen molar-refractivity contribution in [3.8, 4) is 0 Å². The molecule has 8 heteroatoms. The first-order valence-electron chi connectivity index (χ1n) is 18.4. The summed E-state index contributed by atoms with van der Waals surface area (Å²) in [5, 5.41) is 0. The first kappa shape index (κ1) is 39.2. The number of cyclic esters (lactones) is 1. The Hall–Kier alpha value is -1.23. The van der Waals surface area contributed by atoms with E-state index in [4.69, 9.17) is 18.3 Å². The van der Waals surface area contributed by atoms with Crippen LogP contribution in [0.1, 0.15) is 114 Å². The predicted octanol–water partition coefficient (Wildman–Crippen LogP) is 8.79. The third-order valence-electron chi connectivity index (χ3n) is 11.6. The van der Waals surface area contributed by atoms with Crippen molar-refractivity contribution in [1.29, 1.82) is 0 Å². The minimum absolute atomic E-state index is 0.0307. The zero-order chi connectivity index (χ0) is 34.8. The summed E-state index contributed by atoms with van der Waals surface area (Å²) in [6, 6.07) is 0. The molecule has 0 radical (unpaired) electrons. The Kier molecular flexibility index (Phi) is 12.9. The lowest BCUT2D eigenvalue weighted by Crippen LogP contribution is -2.58. The molecule has 264 valence electrons. The van der Waals surface area contributed by atoms with E-state index in [2.05, 4.69) is 114 Å². The van der Waals surface area contributed by atoms with Crippen molar-refractivity contribution in [1.82, 2.24) is 0 Å². The van der Waals surface area contributed by atoms with Crippen molar-refractivity contribution in [3.63, 3.8) is 0 Å². The molecule has 1 aliphatic heterocycles. The van der Waals surface area contributed by atoms with E-state index >= 15 is 0 Å². The number of hydrogen-bond donors (Lipinski definition) is 0. The molecule has 0 saturated carbocycles. The van der Waals surface area contributed by atoms with Gasteiger partial charge in [-0.2, -0.15) is 0 Å². The highest BCUT2D eigenvalue weighted by atomic mass is 28.3. The average molecular weight is 677 g/mol. The maximum Gasteiger partial charge on any atom is 0.334 e. The fraction of sp³-hybridized carbons (Fsp3) is 0.842. The molecule has 1 unspecified atom stereocenters. The quantitative estimate of drug-likeness (QED) is 0.152. The Balaban J connectivity index is 2.05. The van der Waals surface area contributed by atoms with E-state index in [9.17, 15) is 9.59 Å². The summed E-state index contributed by atoms with van der Waals surface area (Å²) in [6.45, 7) is 30.8. The molecule has 8 atom stereocenters. The molecule has 0 aromatic rings. The molecule has 0 aromatic carbocycles. The molecule has 1 heterocycles. The highest BCUT2D eigenvalue weighted by molar-refractivity contribution is 6.48. The van der Waals surface area contributed by atoms with Crippen LogP contribution in [0.25, 0.3) is 0 Å². The van der Waals surface area contributed by atoms with Gasteiger partial charge < -0.3 is 18.3 Å². The third-order valence-corrected chi connectivity index (χ3v) is 13.3. The largest absolute Gasteiger partial charge is 0.461 e. The summed E-state index contributed by atoms with van der Waals surface area (Å²) < 4.78 is 26.4. The summed E-state index contributed by atoms with van der Waals surface area (Å²) in [5.41, 5.74) is 0.152. The molecule has 0 spiro atoms. The Morgan fingerprint density at radius 1 is 0.957 bits per heavy atom. The summed E-state index contributed by atoms with van der Waals surface area (Å²) in [4.78, 5) is 27.5. The van der Waals surface area contributed by atoms with Crippen LogP contribution >= 0.6 is 0 Å². The predicted molar refractivity (Wildman–Crippen MR) is 194 cm³/mol. The lowest BCUT2D eigenvalue weighted by Gasteiger charge is -2.54. The molecular weight excluding hydrogens is 609 g/mol. The Labute approximate surface area is 285 Å². The van der Waals surface area contributed by atoms with Crippen molar-refractivity contribution in [2.45, 2.75) is 164 Å². The average Bonchev–Trinajstić information content (AvgIpc) is 2.94. The monoisotopic (exact) mass is 676 g/mol. The van der Waals surface area contributed by atoms with E-state index in [-0.39, 0.29) is 58.6 Å². The van der Waals surface area contributed by atoms with Gasteiger partial charge in [0.1, 0.15) is 18.3 Å². The fourth-order valence-corrected chi connectivity index (χ4v) is 10.6. The van der Waals surface area contributed by atoms with Crippen molar-refractivity contribution in [2.24, 2.45) is 39.9 Å². The third kappa shape index (κ3) is 8.49. The molecule has 46 heavy (non-hydrogen) atoms. The second-order valence-electron chi connectivity index (χ2n) is 17.3. The Morgan fingerprint density at radius 2 is 1.57 bits per heavy atom. The number of rotatable bonds is 12. The molecule has 6 nitrogen and oxygen atoms in total. The van der Waals surface area contributed by atoms with Gasteiger partial charge in [-0.3, -0.25) is 4.79 Å². The number of carbonyl (C=O) groups excluding carboxylic acids is 2. The van der Waals surface area contributed by atoms with Gasteiger partial charge in [0, 0.05) is 17.8 Å². The normalized spacial score (nSPS) is 32.3. The van der Waals surface area contributed by atoms with Crippen molar-refractivity contribution in [3.05, 3.63) is 23.8 Å². The SMILES string of the molecule is CCC(CC)(CC)C(=O)O[C@H]1C[C@H](C(C)(C)C)C=C2C=C[C@H](C)[C@](CC[C@@H]3C[C@H](C(C)(C)C)C(O[SiH](C)C)C(=O)O3)(O[SiH](C)C)[C@H]21. The molecule has 3 aliphatic rings. The van der Waals surface area contributed by atoms with Gasteiger partial charge in [-0.25, -0.2) is 4.79 Å². The van der Waals surface area contributed by atoms with Gasteiger partial charge >= 0.3 is 11.9 Å². The fourth-order valence-electron chi connectivity index (χ4n) is 8.35. The number of hydrogen-bond acceptors (Lipinski definition) is 6. The Morgan fingerprint density at radius 3 is 2.07 bits per heavy atom. The van der Waals surface area contributed by atoms with Crippen molar-refractivity contribution < 1.29 is 27.9 Å². The maximum atomic E-state index is 14.1. The lowest BCUT2D eigenvalue weighted by molar-refractivity contribution is -0.181. The van der Waals surface area contributed by atoms with E-state index in [0.29, 0.717) is 6.42 Å². The van der Waals surface area contributed by atoms with Gasteiger partial charge in [-0.15, -0.1) is 0 Å². The van der Waals surface area contributed by atoms with Gasteiger partial charge in [0.25, 0.3) is 0 Å². The van der Waals surface area contributed by atoms with Gasteiger partial charge in [0.05, 0.1) is 11.0 Å². The van der Waals surface area contributed by atoms with Crippen LogP contribution < -0.4 is 0 Å². The second kappa shape index (κ2) is 15.1. The molecular formula is C38H68O6Si2. The number of allylic oxidation sites excluding steroid dienone is 2. The molecule has 2 aliphatic carbocycles. The van der Waals surface area contributed by atoms with Gasteiger partial charge in [0.15, 0.2) is 18.1 Å². The number of carbonyl (C=O) groups is 2. The standard InChI is InChI=1S/C38H68O6Si2/c1-15-37(16-2,17-3)34(40)42-30-23-27(35(5,6)7)22-26-19-18-25(4)38(31(26)30,44-46(13)14)21-20-28-24-29(36(8,9)10)32(33(39)41-28)43-45(11)12/h18-19,22,25,27-32,45-46H,15-17,20-21,23-24H2,1-14H3/t25-,27+,28+,29-,30-,31+,32?,38-/m0/s1. The van der Waals surface area contributed by atoms with Crippen molar-refractivity contribution in [2.75, 3.05) is 0 Å². The topological polar surface area (TPSA) is 71.1 Å². The molecule has 0 amide bonds. The Bertz CT molecular complexity index is 1100. The molecule has 0 bridgehead atoms. The second-order valence-corrected chi connectivity index (χ2v) is 22.0. The van der Waals surface area contributed by atoms with E-state index in [0.717, 1.165) is 38.5 Å². The van der Waals surface area contributed by atoms with Crippen LogP contribution in [0.4, 0.5) is 0 Å². The zero-order valence-corrected chi connectivity index (χ0v) is 34.1. The van der Waals surface area contributed by atoms with E-state index in [1.165, 1.54) is 5.57 Å². The minimum atomic E-state index is -1.56. The summed E-state index contributed by atoms with van der Waals surface area (Å²) in [7, 11) is -2.99.